The molecule has 1 aliphatic rings. The average Bonchev–Trinajstić information content (AvgIpc) is 3.04. The Kier molecular flexibility index (Phi) is 6.38. The third kappa shape index (κ3) is 3.97. The van der Waals surface area contributed by atoms with E-state index in [0.29, 0.717) is 12.5 Å². The van der Waals surface area contributed by atoms with Crippen LogP contribution >= 0.6 is 23.7 Å². The molecule has 2 unspecified atom stereocenters. The molecular weight excluding hydrogens is 347 g/mol. The summed E-state index contributed by atoms with van der Waals surface area (Å²) in [5.41, 5.74) is 6.78. The Morgan fingerprint density at radius 1 is 1.29 bits per heavy atom. The van der Waals surface area contributed by atoms with Crippen LogP contribution in [-0.2, 0) is 0 Å². The summed E-state index contributed by atoms with van der Waals surface area (Å²) in [5, 5.41) is 0. The van der Waals surface area contributed by atoms with Gasteiger partial charge in [-0.15, -0.1) is 23.7 Å². The normalized spacial score (nSPS) is 20.5. The fourth-order valence-electron chi connectivity index (χ4n) is 3.11. The number of halogens is 2. The first kappa shape index (κ1) is 18.9. The van der Waals surface area contributed by atoms with E-state index < -0.39 is 0 Å². The van der Waals surface area contributed by atoms with Crippen molar-refractivity contribution in [2.24, 2.45) is 11.7 Å². The molecule has 0 aliphatic carbocycles. The predicted octanol–water partition coefficient (Wildman–Crippen LogP) is 4.18. The van der Waals surface area contributed by atoms with Gasteiger partial charge in [0.25, 0.3) is 5.91 Å². The van der Waals surface area contributed by atoms with Crippen molar-refractivity contribution in [2.75, 3.05) is 13.1 Å². The van der Waals surface area contributed by atoms with Crippen LogP contribution in [-0.4, -0.2) is 29.9 Å². The predicted molar refractivity (Wildman–Crippen MR) is 99.2 cm³/mol. The summed E-state index contributed by atoms with van der Waals surface area (Å²) in [6.07, 6.45) is 2.00. The van der Waals surface area contributed by atoms with Crippen molar-refractivity contribution in [3.63, 3.8) is 0 Å². The van der Waals surface area contributed by atoms with Crippen LogP contribution in [0.1, 0.15) is 29.4 Å². The lowest BCUT2D eigenvalue weighted by atomic mass is 9.92. The summed E-state index contributed by atoms with van der Waals surface area (Å²) in [7, 11) is 0. The lowest BCUT2D eigenvalue weighted by Gasteiger charge is -2.37. The first-order valence-electron chi connectivity index (χ1n) is 7.95. The monoisotopic (exact) mass is 368 g/mol. The van der Waals surface area contributed by atoms with Crippen molar-refractivity contribution >= 4 is 29.7 Å². The van der Waals surface area contributed by atoms with Gasteiger partial charge < -0.3 is 10.6 Å². The largest absolute Gasteiger partial charge is 0.334 e. The number of hydrogen-bond donors (Lipinski definition) is 1. The van der Waals surface area contributed by atoms with Gasteiger partial charge >= 0.3 is 0 Å². The minimum Gasteiger partial charge on any atom is -0.334 e. The van der Waals surface area contributed by atoms with Gasteiger partial charge in [0, 0.05) is 24.0 Å². The fourth-order valence-corrected chi connectivity index (χ4v) is 4.07. The molecule has 3 nitrogen and oxygen atoms in total. The third-order valence-corrected chi connectivity index (χ3v) is 5.58. The van der Waals surface area contributed by atoms with Gasteiger partial charge in [0.15, 0.2) is 0 Å². The number of amides is 1. The molecule has 6 heteroatoms. The van der Waals surface area contributed by atoms with E-state index in [4.69, 9.17) is 5.73 Å². The van der Waals surface area contributed by atoms with Crippen LogP contribution in [0.15, 0.2) is 36.4 Å². The topological polar surface area (TPSA) is 46.3 Å². The molecule has 1 saturated heterocycles. The second-order valence-electron chi connectivity index (χ2n) is 6.19. The zero-order chi connectivity index (χ0) is 16.4. The molecule has 1 aliphatic heterocycles. The fraction of sp³-hybridized carbons (Fsp3) is 0.389. The van der Waals surface area contributed by atoms with E-state index in [0.717, 1.165) is 34.7 Å². The third-order valence-electron chi connectivity index (χ3n) is 4.46. The van der Waals surface area contributed by atoms with Gasteiger partial charge in [-0.25, -0.2) is 4.39 Å². The van der Waals surface area contributed by atoms with Crippen molar-refractivity contribution in [1.29, 1.82) is 0 Å². The van der Waals surface area contributed by atoms with E-state index in [1.807, 2.05) is 17.0 Å². The van der Waals surface area contributed by atoms with Crippen LogP contribution in [0, 0.1) is 11.7 Å². The van der Waals surface area contributed by atoms with Gasteiger partial charge in [-0.2, -0.15) is 0 Å². The van der Waals surface area contributed by atoms with Gasteiger partial charge in [0.1, 0.15) is 5.82 Å². The molecule has 0 saturated carbocycles. The molecule has 2 N–H and O–H groups in total. The number of nitrogens with zero attached hydrogens (tertiary/aromatic N) is 1. The van der Waals surface area contributed by atoms with E-state index in [1.165, 1.54) is 23.5 Å². The maximum absolute atomic E-state index is 13.0. The maximum Gasteiger partial charge on any atom is 0.264 e. The highest BCUT2D eigenvalue weighted by atomic mass is 35.5. The highest BCUT2D eigenvalue weighted by molar-refractivity contribution is 7.17. The van der Waals surface area contributed by atoms with Crippen molar-refractivity contribution in [2.45, 2.75) is 25.8 Å². The summed E-state index contributed by atoms with van der Waals surface area (Å²) in [6.45, 7) is 3.49. The highest BCUT2D eigenvalue weighted by Gasteiger charge is 2.30. The molecule has 2 aromatic rings. The van der Waals surface area contributed by atoms with Gasteiger partial charge in [0.2, 0.25) is 0 Å². The number of thiophene rings is 1. The summed E-state index contributed by atoms with van der Waals surface area (Å²) in [6, 6.07) is 10.3. The lowest BCUT2D eigenvalue weighted by molar-refractivity contribution is 0.0578. The standard InChI is InChI=1S/C18H21FN2OS.ClH/c1-12-8-9-21(15(10-12)11-20)18(22)17-7-6-16(23-17)13-2-4-14(19)5-3-13;/h2-7,12,15H,8-11,20H2,1H3;1H. The van der Waals surface area contributed by atoms with Crippen molar-refractivity contribution < 1.29 is 9.18 Å². The minimum atomic E-state index is -0.255. The van der Waals surface area contributed by atoms with E-state index in [-0.39, 0.29) is 30.2 Å². The second-order valence-corrected chi connectivity index (χ2v) is 7.27. The SMILES string of the molecule is CC1CCN(C(=O)c2ccc(-c3ccc(F)cc3)s2)C(CN)C1.Cl. The summed E-state index contributed by atoms with van der Waals surface area (Å²) < 4.78 is 13.0. The Morgan fingerprint density at radius 2 is 2.00 bits per heavy atom. The molecule has 130 valence electrons. The number of nitrogens with two attached hydrogens (primary N) is 1. The van der Waals surface area contributed by atoms with E-state index in [2.05, 4.69) is 6.92 Å². The Balaban J connectivity index is 0.00000208. The summed E-state index contributed by atoms with van der Waals surface area (Å²) in [5.74, 6) is 0.422. The Labute approximate surface area is 152 Å². The quantitative estimate of drug-likeness (QED) is 0.883. The van der Waals surface area contributed by atoms with Crippen LogP contribution in [0.25, 0.3) is 10.4 Å². The highest BCUT2D eigenvalue weighted by Crippen LogP contribution is 2.31. The lowest BCUT2D eigenvalue weighted by Crippen LogP contribution is -2.49. The van der Waals surface area contributed by atoms with Crippen LogP contribution in [0.4, 0.5) is 4.39 Å². The molecule has 0 spiro atoms. The van der Waals surface area contributed by atoms with Gasteiger partial charge in [-0.05, 0) is 48.6 Å². The molecule has 0 radical (unpaired) electrons. The Hall–Kier alpha value is -1.43. The number of likely N-dealkylation sites (tertiary alicyclic amines) is 1. The first-order chi connectivity index (χ1) is 11.1. The summed E-state index contributed by atoms with van der Waals surface area (Å²) in [4.78, 5) is 16.4. The summed E-state index contributed by atoms with van der Waals surface area (Å²) >= 11 is 1.45. The molecule has 3 rings (SSSR count). The zero-order valence-corrected chi connectivity index (χ0v) is 15.2. The van der Waals surface area contributed by atoms with Gasteiger partial charge in [-0.3, -0.25) is 4.79 Å². The van der Waals surface area contributed by atoms with E-state index in [1.54, 1.807) is 12.1 Å². The van der Waals surface area contributed by atoms with Crippen molar-refractivity contribution in [1.82, 2.24) is 4.90 Å². The van der Waals surface area contributed by atoms with Gasteiger partial charge in [0.05, 0.1) is 4.88 Å². The zero-order valence-electron chi connectivity index (χ0n) is 13.6. The minimum absolute atomic E-state index is 0. The molecular formula is C18H22ClFN2OS. The van der Waals surface area contributed by atoms with Crippen LogP contribution < -0.4 is 5.73 Å². The number of carbonyl (C=O) groups excluding carboxylic acids is 1. The van der Waals surface area contributed by atoms with Crippen LogP contribution in [0.2, 0.25) is 0 Å². The van der Waals surface area contributed by atoms with E-state index in [9.17, 15) is 9.18 Å². The number of rotatable bonds is 3. The molecule has 2 heterocycles. The number of carbonyl (C=O) groups is 1. The smallest absolute Gasteiger partial charge is 0.264 e. The number of benzene rings is 1. The molecule has 1 amide bonds. The molecule has 2 atom stereocenters. The molecule has 1 aromatic heterocycles. The molecule has 0 bridgehead atoms. The van der Waals surface area contributed by atoms with Gasteiger partial charge in [-0.1, -0.05) is 19.1 Å². The number of piperidine rings is 1. The van der Waals surface area contributed by atoms with Crippen LogP contribution in [0.3, 0.4) is 0 Å². The number of hydrogen-bond acceptors (Lipinski definition) is 3. The van der Waals surface area contributed by atoms with E-state index >= 15 is 0 Å². The van der Waals surface area contributed by atoms with Crippen molar-refractivity contribution in [3.8, 4) is 10.4 Å². The Morgan fingerprint density at radius 3 is 2.67 bits per heavy atom. The molecule has 1 aromatic carbocycles. The van der Waals surface area contributed by atoms with Crippen molar-refractivity contribution in [3.05, 3.63) is 47.1 Å². The average molecular weight is 369 g/mol. The first-order valence-corrected chi connectivity index (χ1v) is 8.77. The maximum atomic E-state index is 13.0. The Bertz CT molecular complexity index is 689. The second kappa shape index (κ2) is 8.10. The molecule has 1 fully saturated rings. The van der Waals surface area contributed by atoms with Crippen LogP contribution in [0.5, 0.6) is 0 Å². The molecule has 24 heavy (non-hydrogen) atoms.